The summed E-state index contributed by atoms with van der Waals surface area (Å²) in [6.45, 7) is 4.89. The molecule has 212 valence electrons. The number of anilines is 1. The predicted octanol–water partition coefficient (Wildman–Crippen LogP) is 6.83. The number of aromatic carboxylic acids is 1. The number of aromatic nitrogens is 1. The van der Waals surface area contributed by atoms with E-state index in [0.29, 0.717) is 41.3 Å². The number of rotatable bonds is 7. The summed E-state index contributed by atoms with van der Waals surface area (Å²) < 4.78 is 6.12. The van der Waals surface area contributed by atoms with Gasteiger partial charge in [-0.3, -0.25) is 9.59 Å². The smallest absolute Gasteiger partial charge is 0.336 e. The van der Waals surface area contributed by atoms with E-state index in [-0.39, 0.29) is 28.9 Å². The third-order valence-corrected chi connectivity index (χ3v) is 8.26. The topological polar surface area (TPSA) is 121 Å². The average Bonchev–Trinajstić information content (AvgIpc) is 3.61. The Labute approximate surface area is 246 Å². The first-order valence-electron chi connectivity index (χ1n) is 13.7. The van der Waals surface area contributed by atoms with E-state index < -0.39 is 5.97 Å². The molecule has 5 aromatic rings. The van der Waals surface area contributed by atoms with Gasteiger partial charge < -0.3 is 25.5 Å². The Hall–Kier alpha value is -4.89. The van der Waals surface area contributed by atoms with Crippen LogP contribution < -0.4 is 15.4 Å². The van der Waals surface area contributed by atoms with Gasteiger partial charge in [0, 0.05) is 57.3 Å². The van der Waals surface area contributed by atoms with Crippen LogP contribution in [0.15, 0.2) is 72.2 Å². The van der Waals surface area contributed by atoms with Crippen molar-refractivity contribution in [1.29, 1.82) is 0 Å². The maximum Gasteiger partial charge on any atom is 0.336 e. The highest BCUT2D eigenvalue weighted by Gasteiger charge is 2.26. The number of nitrogens with one attached hydrogen (secondary N) is 3. The Morgan fingerprint density at radius 1 is 0.952 bits per heavy atom. The lowest BCUT2D eigenvalue weighted by atomic mass is 9.91. The number of hydrogen-bond donors (Lipinski definition) is 4. The number of amides is 2. The summed E-state index contributed by atoms with van der Waals surface area (Å²) in [4.78, 5) is 43.4. The Balaban J connectivity index is 1.48. The second-order valence-corrected chi connectivity index (χ2v) is 11.6. The lowest BCUT2D eigenvalue weighted by Crippen LogP contribution is -2.27. The number of ether oxygens (including phenoxy) is 1. The molecule has 2 amide bonds. The molecule has 6 rings (SSSR count). The Bertz CT molecular complexity index is 1850. The van der Waals surface area contributed by atoms with Crippen molar-refractivity contribution in [3.63, 3.8) is 0 Å². The van der Waals surface area contributed by atoms with Crippen LogP contribution in [-0.4, -0.2) is 41.0 Å². The molecule has 0 atom stereocenters. The molecule has 0 saturated carbocycles. The lowest BCUT2D eigenvalue weighted by Gasteiger charge is -2.17. The number of carbonyl (C=O) groups is 3. The van der Waals surface area contributed by atoms with Crippen molar-refractivity contribution in [2.45, 2.75) is 20.3 Å². The van der Waals surface area contributed by atoms with Gasteiger partial charge in [0.05, 0.1) is 12.2 Å². The van der Waals surface area contributed by atoms with Gasteiger partial charge in [0.25, 0.3) is 11.8 Å². The van der Waals surface area contributed by atoms with Gasteiger partial charge >= 0.3 is 5.97 Å². The van der Waals surface area contributed by atoms with Crippen LogP contribution in [0.2, 0.25) is 0 Å². The number of carbonyl (C=O) groups excluding carboxylic acids is 2. The van der Waals surface area contributed by atoms with Gasteiger partial charge in [0.15, 0.2) is 0 Å². The van der Waals surface area contributed by atoms with Gasteiger partial charge in [-0.2, -0.15) is 0 Å². The molecule has 0 aliphatic carbocycles. The standard InChI is InChI=1S/C33H29N3O5S/c1-18(2)17-35-31(37)21-3-5-23(26(14-21)33(39)40)24-16-29-27(30-19(8-11-41-29)9-12-42-30)15-25(24)32(38)36-22-4-6-28-20(13-22)7-10-34-28/h3-7,9-10,12-16,18,34H,8,11,17H2,1-2H3,(H,35,37)(H,36,38)(H,39,40). The highest BCUT2D eigenvalue weighted by molar-refractivity contribution is 7.13. The largest absolute Gasteiger partial charge is 0.493 e. The van der Waals surface area contributed by atoms with Crippen LogP contribution in [0.3, 0.4) is 0 Å². The molecule has 0 unspecified atom stereocenters. The maximum atomic E-state index is 13.9. The Morgan fingerprint density at radius 2 is 1.81 bits per heavy atom. The zero-order chi connectivity index (χ0) is 29.4. The number of H-pyrrole nitrogens is 1. The summed E-state index contributed by atoms with van der Waals surface area (Å²) in [5.41, 5.74) is 4.65. The van der Waals surface area contributed by atoms with E-state index >= 15 is 0 Å². The summed E-state index contributed by atoms with van der Waals surface area (Å²) in [5.74, 6) is -1.13. The number of thiophene rings is 1. The van der Waals surface area contributed by atoms with Gasteiger partial charge in [0.2, 0.25) is 0 Å². The monoisotopic (exact) mass is 579 g/mol. The summed E-state index contributed by atoms with van der Waals surface area (Å²) in [6, 6.07) is 17.6. The molecule has 1 aliphatic heterocycles. The van der Waals surface area contributed by atoms with Crippen LogP contribution in [0.1, 0.15) is 50.5 Å². The van der Waals surface area contributed by atoms with Crippen molar-refractivity contribution in [2.75, 3.05) is 18.5 Å². The minimum absolute atomic E-state index is 0.0830. The first-order chi connectivity index (χ1) is 20.3. The van der Waals surface area contributed by atoms with Crippen LogP contribution in [0.4, 0.5) is 5.69 Å². The van der Waals surface area contributed by atoms with E-state index in [1.807, 2.05) is 49.7 Å². The fourth-order valence-corrected chi connectivity index (χ4v) is 6.13. The van der Waals surface area contributed by atoms with Crippen molar-refractivity contribution >= 4 is 45.7 Å². The molecule has 4 N–H and O–H groups in total. The molecule has 2 aromatic heterocycles. The summed E-state index contributed by atoms with van der Waals surface area (Å²) in [6.07, 6.45) is 2.56. The average molecular weight is 580 g/mol. The van der Waals surface area contributed by atoms with Crippen molar-refractivity contribution in [3.8, 4) is 27.3 Å². The second-order valence-electron chi connectivity index (χ2n) is 10.7. The van der Waals surface area contributed by atoms with E-state index in [1.54, 1.807) is 35.6 Å². The van der Waals surface area contributed by atoms with Crippen molar-refractivity contribution in [3.05, 3.63) is 94.5 Å². The number of hydrogen-bond acceptors (Lipinski definition) is 5. The third kappa shape index (κ3) is 5.26. The van der Waals surface area contributed by atoms with Crippen LogP contribution in [0.5, 0.6) is 5.75 Å². The van der Waals surface area contributed by atoms with Crippen LogP contribution in [0.25, 0.3) is 32.5 Å². The molecule has 0 bridgehead atoms. The van der Waals surface area contributed by atoms with E-state index in [4.69, 9.17) is 4.74 Å². The fourth-order valence-electron chi connectivity index (χ4n) is 5.15. The number of fused-ring (bicyclic) bond motifs is 4. The molecule has 0 spiro atoms. The number of carboxylic acids is 1. The summed E-state index contributed by atoms with van der Waals surface area (Å²) in [7, 11) is 0. The normalized spacial score (nSPS) is 12.3. The molecule has 9 heteroatoms. The molecule has 0 saturated heterocycles. The van der Waals surface area contributed by atoms with E-state index in [2.05, 4.69) is 21.7 Å². The van der Waals surface area contributed by atoms with Gasteiger partial charge in [-0.05, 0) is 82.6 Å². The molecule has 8 nitrogen and oxygen atoms in total. The molecule has 0 radical (unpaired) electrons. The molecule has 3 aromatic carbocycles. The van der Waals surface area contributed by atoms with Crippen LogP contribution >= 0.6 is 11.3 Å². The van der Waals surface area contributed by atoms with Gasteiger partial charge in [-0.25, -0.2) is 4.79 Å². The van der Waals surface area contributed by atoms with Gasteiger partial charge in [-0.15, -0.1) is 11.3 Å². The molecule has 0 fully saturated rings. The minimum atomic E-state index is -1.20. The Morgan fingerprint density at radius 3 is 2.62 bits per heavy atom. The highest BCUT2D eigenvalue weighted by Crippen LogP contribution is 2.43. The van der Waals surface area contributed by atoms with Crippen LogP contribution in [-0.2, 0) is 6.42 Å². The minimum Gasteiger partial charge on any atom is -0.493 e. The van der Waals surface area contributed by atoms with Crippen LogP contribution in [0, 0.1) is 5.92 Å². The molecule has 3 heterocycles. The number of aromatic amines is 1. The molecular weight excluding hydrogens is 550 g/mol. The second kappa shape index (κ2) is 11.2. The quantitative estimate of drug-likeness (QED) is 0.168. The first-order valence-corrected chi connectivity index (χ1v) is 14.6. The van der Waals surface area contributed by atoms with E-state index in [1.165, 1.54) is 6.07 Å². The van der Waals surface area contributed by atoms with Crippen molar-refractivity contribution < 1.29 is 24.2 Å². The number of benzene rings is 3. The van der Waals surface area contributed by atoms with E-state index in [0.717, 1.165) is 33.3 Å². The molecular formula is C33H29N3O5S. The van der Waals surface area contributed by atoms with Gasteiger partial charge in [0.1, 0.15) is 5.75 Å². The van der Waals surface area contributed by atoms with Gasteiger partial charge in [-0.1, -0.05) is 19.9 Å². The molecule has 1 aliphatic rings. The SMILES string of the molecule is CC(C)CNC(=O)c1ccc(-c2cc3c(cc2C(=O)Nc2ccc4[nH]ccc4c2)-c2sccc2CCO3)c(C(=O)O)c1. The summed E-state index contributed by atoms with van der Waals surface area (Å²) in [5, 5.41) is 19.0. The Kier molecular flexibility index (Phi) is 7.26. The maximum absolute atomic E-state index is 13.9. The first kappa shape index (κ1) is 27.3. The predicted molar refractivity (Wildman–Crippen MR) is 165 cm³/mol. The fraction of sp³-hybridized carbons (Fsp3) is 0.182. The zero-order valence-corrected chi connectivity index (χ0v) is 23.9. The summed E-state index contributed by atoms with van der Waals surface area (Å²) >= 11 is 1.58. The molecule has 42 heavy (non-hydrogen) atoms. The van der Waals surface area contributed by atoms with Crippen molar-refractivity contribution in [2.24, 2.45) is 5.92 Å². The highest BCUT2D eigenvalue weighted by atomic mass is 32.1. The lowest BCUT2D eigenvalue weighted by molar-refractivity contribution is 0.0697. The third-order valence-electron chi connectivity index (χ3n) is 7.27. The number of carboxylic acid groups (broad SMARTS) is 1. The zero-order valence-electron chi connectivity index (χ0n) is 23.1. The van der Waals surface area contributed by atoms with Crippen molar-refractivity contribution in [1.82, 2.24) is 10.3 Å². The van der Waals surface area contributed by atoms with E-state index in [9.17, 15) is 19.5 Å².